The van der Waals surface area contributed by atoms with E-state index in [0.717, 1.165) is 54.0 Å². The van der Waals surface area contributed by atoms with Crippen LogP contribution in [0.1, 0.15) is 66.2 Å². The van der Waals surface area contributed by atoms with Crippen LogP contribution in [-0.4, -0.2) is 26.1 Å². The maximum atomic E-state index is 12.5. The molecule has 33 heavy (non-hydrogen) atoms. The first-order valence-corrected chi connectivity index (χ1v) is 12.5. The molecule has 0 aromatic heterocycles. The molecule has 1 saturated carbocycles. The smallest absolute Gasteiger partial charge is 0.220 e. The maximum Gasteiger partial charge on any atom is 0.220 e. The molecule has 0 heterocycles. The first kappa shape index (κ1) is 25.6. The van der Waals surface area contributed by atoms with Crippen LogP contribution in [-0.2, 0) is 9.53 Å². The predicted octanol–water partition coefficient (Wildman–Crippen LogP) is 6.22. The fourth-order valence-corrected chi connectivity index (χ4v) is 6.07. The van der Waals surface area contributed by atoms with Gasteiger partial charge in [-0.3, -0.25) is 4.79 Å². The van der Waals surface area contributed by atoms with Gasteiger partial charge in [-0.15, -0.1) is 0 Å². The number of rotatable bonds is 8. The van der Waals surface area contributed by atoms with Gasteiger partial charge in [0.1, 0.15) is 5.76 Å². The van der Waals surface area contributed by atoms with Crippen LogP contribution in [0.15, 0.2) is 68.0 Å². The predicted molar refractivity (Wildman–Crippen MR) is 138 cm³/mol. The topological polar surface area (TPSA) is 64.3 Å². The Hall–Kier alpha value is -2.04. The van der Waals surface area contributed by atoms with Crippen molar-refractivity contribution in [1.82, 2.24) is 5.32 Å². The number of hydrogen-bond acceptors (Lipinski definition) is 3. The second-order valence-corrected chi connectivity index (χ2v) is 9.98. The second kappa shape index (κ2) is 11.4. The molecule has 2 unspecified atom stereocenters. The molecular formula is C28H39ClN2O2. The average molecular weight is 471 g/mol. The highest BCUT2D eigenvalue weighted by Gasteiger charge is 2.37. The van der Waals surface area contributed by atoms with E-state index in [4.69, 9.17) is 22.1 Å². The summed E-state index contributed by atoms with van der Waals surface area (Å²) in [5.41, 5.74) is 14.8. The molecule has 4 nitrogen and oxygen atoms in total. The second-order valence-electron chi connectivity index (χ2n) is 9.57. The van der Waals surface area contributed by atoms with Gasteiger partial charge < -0.3 is 15.8 Å². The van der Waals surface area contributed by atoms with Crippen molar-refractivity contribution in [3.63, 3.8) is 0 Å². The van der Waals surface area contributed by atoms with Crippen molar-refractivity contribution < 1.29 is 9.53 Å². The molecule has 2 atom stereocenters. The summed E-state index contributed by atoms with van der Waals surface area (Å²) in [6.07, 6.45) is 11.9. The summed E-state index contributed by atoms with van der Waals surface area (Å²) < 4.78 is 5.75. The number of carbonyl (C=O) groups is 1. The minimum Gasteiger partial charge on any atom is -0.496 e. The number of allylic oxidation sites excluding steroid dienone is 10. The molecule has 3 N–H and O–H groups in total. The number of nitrogens with one attached hydrogen (secondary N) is 1. The highest BCUT2D eigenvalue weighted by atomic mass is 35.5. The Morgan fingerprint density at radius 2 is 2.00 bits per heavy atom. The molecular weight excluding hydrogens is 432 g/mol. The summed E-state index contributed by atoms with van der Waals surface area (Å²) in [6.45, 7) is 9.61. The van der Waals surface area contributed by atoms with Crippen LogP contribution < -0.4 is 11.1 Å². The van der Waals surface area contributed by atoms with Crippen molar-refractivity contribution in [3.8, 4) is 0 Å². The van der Waals surface area contributed by atoms with Gasteiger partial charge in [0.05, 0.1) is 7.11 Å². The quantitative estimate of drug-likeness (QED) is 0.442. The number of carbonyl (C=O) groups excluding carboxylic acids is 1. The van der Waals surface area contributed by atoms with Gasteiger partial charge in [0.15, 0.2) is 0 Å². The summed E-state index contributed by atoms with van der Waals surface area (Å²) >= 11 is 6.82. The van der Waals surface area contributed by atoms with Gasteiger partial charge in [0, 0.05) is 24.5 Å². The number of hydrogen-bond donors (Lipinski definition) is 2. The number of ether oxygens (including phenoxy) is 1. The third-order valence-electron chi connectivity index (χ3n) is 7.15. The van der Waals surface area contributed by atoms with Crippen molar-refractivity contribution in [3.05, 3.63) is 68.0 Å². The molecule has 0 saturated heterocycles. The lowest BCUT2D eigenvalue weighted by Crippen LogP contribution is -2.25. The molecule has 0 aliphatic heterocycles. The van der Waals surface area contributed by atoms with Crippen LogP contribution in [0.2, 0.25) is 0 Å². The van der Waals surface area contributed by atoms with Crippen molar-refractivity contribution in [2.24, 2.45) is 17.6 Å². The Labute approximate surface area is 204 Å². The van der Waals surface area contributed by atoms with Crippen LogP contribution in [0.25, 0.3) is 0 Å². The lowest BCUT2D eigenvalue weighted by atomic mass is 9.89. The SMILES string of the molecule is CCNC(=O)CC1CC(CCC2=C(C)C(OC)=C(C)C=C(C)C2)C2=CCC(CN)=CC(Cl)=C21. The van der Waals surface area contributed by atoms with Crippen LogP contribution in [0, 0.1) is 11.8 Å². The molecule has 180 valence electrons. The Bertz CT molecular complexity index is 978. The number of fused-ring (bicyclic) bond motifs is 1. The van der Waals surface area contributed by atoms with Crippen LogP contribution in [0.3, 0.4) is 0 Å². The summed E-state index contributed by atoms with van der Waals surface area (Å²) in [4.78, 5) is 12.5. The van der Waals surface area contributed by atoms with E-state index in [1.807, 2.05) is 13.0 Å². The first-order chi connectivity index (χ1) is 15.8. The molecule has 3 rings (SSSR count). The van der Waals surface area contributed by atoms with Gasteiger partial charge in [-0.2, -0.15) is 0 Å². The maximum absolute atomic E-state index is 12.5. The summed E-state index contributed by atoms with van der Waals surface area (Å²) in [6, 6.07) is 0. The van der Waals surface area contributed by atoms with Gasteiger partial charge in [-0.25, -0.2) is 0 Å². The Kier molecular flexibility index (Phi) is 8.83. The zero-order valence-electron chi connectivity index (χ0n) is 20.8. The van der Waals surface area contributed by atoms with Gasteiger partial charge >= 0.3 is 0 Å². The van der Waals surface area contributed by atoms with E-state index in [0.29, 0.717) is 25.4 Å². The lowest BCUT2D eigenvalue weighted by Gasteiger charge is -2.17. The Morgan fingerprint density at radius 3 is 2.67 bits per heavy atom. The Morgan fingerprint density at radius 1 is 1.24 bits per heavy atom. The molecule has 3 aliphatic rings. The van der Waals surface area contributed by atoms with Crippen molar-refractivity contribution in [1.29, 1.82) is 0 Å². The van der Waals surface area contributed by atoms with E-state index < -0.39 is 0 Å². The van der Waals surface area contributed by atoms with E-state index in [1.54, 1.807) is 7.11 Å². The molecule has 0 aromatic carbocycles. The van der Waals surface area contributed by atoms with Crippen molar-refractivity contribution in [2.75, 3.05) is 20.2 Å². The van der Waals surface area contributed by atoms with E-state index in [9.17, 15) is 4.79 Å². The third kappa shape index (κ3) is 5.91. The monoisotopic (exact) mass is 470 g/mol. The molecule has 0 aromatic rings. The van der Waals surface area contributed by atoms with Crippen molar-refractivity contribution >= 4 is 17.5 Å². The largest absolute Gasteiger partial charge is 0.496 e. The van der Waals surface area contributed by atoms with E-state index in [-0.39, 0.29) is 11.8 Å². The molecule has 1 fully saturated rings. The van der Waals surface area contributed by atoms with Gasteiger partial charge in [0.25, 0.3) is 0 Å². The van der Waals surface area contributed by atoms with Gasteiger partial charge in [-0.05, 0) is 100 Å². The fourth-order valence-electron chi connectivity index (χ4n) is 5.65. The lowest BCUT2D eigenvalue weighted by molar-refractivity contribution is -0.121. The highest BCUT2D eigenvalue weighted by Crippen LogP contribution is 2.49. The fraction of sp³-hybridized carbons (Fsp3) is 0.536. The summed E-state index contributed by atoms with van der Waals surface area (Å²) in [5, 5.41) is 3.72. The summed E-state index contributed by atoms with van der Waals surface area (Å²) in [7, 11) is 1.76. The zero-order valence-corrected chi connectivity index (χ0v) is 21.6. The summed E-state index contributed by atoms with van der Waals surface area (Å²) in [5.74, 6) is 1.63. The molecule has 1 amide bonds. The van der Waals surface area contributed by atoms with Crippen LogP contribution >= 0.6 is 11.6 Å². The standard InChI is InChI=1S/C28H39ClN2O2/c1-6-31-26(32)15-23-14-22(24-10-7-20(16-30)13-25(29)27(23)24)9-8-21-12-17(2)11-18(3)28(33-5)19(21)4/h10-11,13,22-23H,6-9,12,14-16,30H2,1-5H3,(H,31,32). The highest BCUT2D eigenvalue weighted by molar-refractivity contribution is 6.32. The molecule has 3 aliphatic carbocycles. The van der Waals surface area contributed by atoms with Gasteiger partial charge in [0.2, 0.25) is 5.91 Å². The Balaban J connectivity index is 1.87. The number of halogens is 1. The molecule has 5 heteroatoms. The number of methoxy groups -OCH3 is 1. The molecule has 0 radical (unpaired) electrons. The number of amides is 1. The van der Waals surface area contributed by atoms with E-state index >= 15 is 0 Å². The van der Waals surface area contributed by atoms with E-state index in [2.05, 4.69) is 38.2 Å². The van der Waals surface area contributed by atoms with Crippen LogP contribution in [0.5, 0.6) is 0 Å². The van der Waals surface area contributed by atoms with Crippen molar-refractivity contribution in [2.45, 2.75) is 66.2 Å². The minimum absolute atomic E-state index is 0.0974. The molecule has 0 spiro atoms. The molecule has 0 bridgehead atoms. The van der Waals surface area contributed by atoms with E-state index in [1.165, 1.54) is 27.9 Å². The third-order valence-corrected chi connectivity index (χ3v) is 7.46. The van der Waals surface area contributed by atoms with Gasteiger partial charge in [-0.1, -0.05) is 40.5 Å². The first-order valence-electron chi connectivity index (χ1n) is 12.2. The normalized spacial score (nSPS) is 23.5. The zero-order chi connectivity index (χ0) is 24.1. The minimum atomic E-state index is 0.0974. The average Bonchev–Trinajstić information content (AvgIpc) is 2.94. The van der Waals surface area contributed by atoms with Crippen LogP contribution in [0.4, 0.5) is 0 Å². The number of nitrogens with two attached hydrogens (primary N) is 1.